The van der Waals surface area contributed by atoms with Gasteiger partial charge < -0.3 is 16.0 Å². The van der Waals surface area contributed by atoms with Crippen LogP contribution in [0.15, 0.2) is 24.3 Å². The van der Waals surface area contributed by atoms with Gasteiger partial charge in [-0.15, -0.1) is 11.3 Å². The summed E-state index contributed by atoms with van der Waals surface area (Å²) >= 11 is 1.36. The second-order valence-corrected chi connectivity index (χ2v) is 5.39. The number of nitrogen functional groups attached to an aromatic ring is 1. The van der Waals surface area contributed by atoms with Gasteiger partial charge in [0.2, 0.25) is 5.91 Å². The number of carbonyl (C=O) groups excluding carboxylic acids is 2. The summed E-state index contributed by atoms with van der Waals surface area (Å²) in [5.41, 5.74) is 6.55. The number of carbonyl (C=O) groups is 2. The first-order valence-corrected chi connectivity index (χ1v) is 7.17. The quantitative estimate of drug-likeness (QED) is 0.900. The van der Waals surface area contributed by atoms with E-state index in [9.17, 15) is 9.59 Å². The van der Waals surface area contributed by atoms with E-state index in [0.29, 0.717) is 17.1 Å². The Balaban J connectivity index is 2.34. The van der Waals surface area contributed by atoms with Crippen molar-refractivity contribution >= 4 is 38.9 Å². The van der Waals surface area contributed by atoms with Crippen molar-refractivity contribution in [1.29, 1.82) is 0 Å². The summed E-state index contributed by atoms with van der Waals surface area (Å²) in [6.45, 7) is 2.34. The Morgan fingerprint density at radius 3 is 2.65 bits per heavy atom. The predicted octanol–water partition coefficient (Wildman–Crippen LogP) is 1.69. The van der Waals surface area contributed by atoms with E-state index >= 15 is 0 Å². The molecule has 0 unspecified atom stereocenters. The zero-order valence-corrected chi connectivity index (χ0v) is 12.3. The van der Waals surface area contributed by atoms with E-state index < -0.39 is 0 Å². The summed E-state index contributed by atoms with van der Waals surface area (Å²) in [5.74, 6) is -0.394. The Kier molecular flexibility index (Phi) is 4.24. The second kappa shape index (κ2) is 5.92. The van der Waals surface area contributed by atoms with Gasteiger partial charge in [-0.05, 0) is 13.0 Å². The molecule has 2 aromatic rings. The minimum absolute atomic E-state index is 0.0412. The van der Waals surface area contributed by atoms with Crippen LogP contribution in [0.25, 0.3) is 10.1 Å². The first-order chi connectivity index (χ1) is 9.58. The third kappa shape index (κ3) is 2.60. The fourth-order valence-corrected chi connectivity index (χ4v) is 3.04. The van der Waals surface area contributed by atoms with E-state index in [0.717, 1.165) is 10.1 Å². The first kappa shape index (κ1) is 14.3. The van der Waals surface area contributed by atoms with Crippen LogP contribution in [0, 0.1) is 0 Å². The summed E-state index contributed by atoms with van der Waals surface area (Å²) in [4.78, 5) is 25.9. The average Bonchev–Trinajstić information content (AvgIpc) is 2.81. The van der Waals surface area contributed by atoms with Crippen molar-refractivity contribution in [2.75, 3.05) is 25.9 Å². The van der Waals surface area contributed by atoms with Crippen molar-refractivity contribution in [2.24, 2.45) is 0 Å². The Morgan fingerprint density at radius 1 is 1.35 bits per heavy atom. The van der Waals surface area contributed by atoms with Crippen molar-refractivity contribution in [1.82, 2.24) is 10.2 Å². The molecule has 0 saturated carbocycles. The highest BCUT2D eigenvalue weighted by molar-refractivity contribution is 7.21. The molecule has 0 atom stereocenters. The van der Waals surface area contributed by atoms with Crippen molar-refractivity contribution in [3.8, 4) is 0 Å². The molecule has 3 N–H and O–H groups in total. The highest BCUT2D eigenvalue weighted by Crippen LogP contribution is 2.34. The summed E-state index contributed by atoms with van der Waals surface area (Å²) < 4.78 is 0.976. The zero-order valence-electron chi connectivity index (χ0n) is 11.5. The largest absolute Gasteiger partial charge is 0.397 e. The number of thiophene rings is 1. The fraction of sp³-hybridized carbons (Fsp3) is 0.286. The lowest BCUT2D eigenvalue weighted by Gasteiger charge is -2.19. The fourth-order valence-electron chi connectivity index (χ4n) is 1.95. The van der Waals surface area contributed by atoms with Crippen molar-refractivity contribution in [3.63, 3.8) is 0 Å². The maximum atomic E-state index is 12.5. The number of amides is 2. The van der Waals surface area contributed by atoms with Gasteiger partial charge >= 0.3 is 0 Å². The molecule has 0 bridgehead atoms. The molecular weight excluding hydrogens is 274 g/mol. The van der Waals surface area contributed by atoms with E-state index in [2.05, 4.69) is 5.32 Å². The number of nitrogens with zero attached hydrogens (tertiary/aromatic N) is 1. The van der Waals surface area contributed by atoms with Gasteiger partial charge in [0.1, 0.15) is 4.88 Å². The standard InChI is InChI=1S/C14H17N3O2S/c1-3-17(8-11(18)16-2)14(19)13-12(15)9-6-4-5-7-10(9)20-13/h4-7H,3,8,15H2,1-2H3,(H,16,18). The smallest absolute Gasteiger partial charge is 0.266 e. The molecule has 0 aliphatic heterocycles. The molecule has 1 aromatic heterocycles. The number of anilines is 1. The van der Waals surface area contributed by atoms with Gasteiger partial charge in [0.05, 0.1) is 12.2 Å². The molecule has 0 spiro atoms. The van der Waals surface area contributed by atoms with Gasteiger partial charge in [-0.25, -0.2) is 0 Å². The van der Waals surface area contributed by atoms with Crippen LogP contribution >= 0.6 is 11.3 Å². The second-order valence-electron chi connectivity index (χ2n) is 4.33. The van der Waals surface area contributed by atoms with E-state index in [-0.39, 0.29) is 18.4 Å². The number of rotatable bonds is 4. The molecule has 1 aromatic carbocycles. The van der Waals surface area contributed by atoms with Crippen LogP contribution in [-0.4, -0.2) is 36.9 Å². The summed E-state index contributed by atoms with van der Waals surface area (Å²) in [7, 11) is 1.55. The molecule has 0 aliphatic rings. The highest BCUT2D eigenvalue weighted by Gasteiger charge is 2.22. The molecule has 2 amide bonds. The van der Waals surface area contributed by atoms with Crippen molar-refractivity contribution in [2.45, 2.75) is 6.92 Å². The molecule has 5 nitrogen and oxygen atoms in total. The number of likely N-dealkylation sites (N-methyl/N-ethyl adjacent to an activating group) is 2. The monoisotopic (exact) mass is 291 g/mol. The van der Waals surface area contributed by atoms with Crippen LogP contribution in [0.4, 0.5) is 5.69 Å². The van der Waals surface area contributed by atoms with Crippen LogP contribution < -0.4 is 11.1 Å². The molecule has 0 fully saturated rings. The number of fused-ring (bicyclic) bond motifs is 1. The molecule has 1 heterocycles. The van der Waals surface area contributed by atoms with Crippen LogP contribution in [0.5, 0.6) is 0 Å². The Morgan fingerprint density at radius 2 is 2.05 bits per heavy atom. The van der Waals surface area contributed by atoms with Crippen LogP contribution in [0.3, 0.4) is 0 Å². The lowest BCUT2D eigenvalue weighted by Crippen LogP contribution is -2.39. The molecule has 20 heavy (non-hydrogen) atoms. The summed E-state index contributed by atoms with van der Waals surface area (Å²) in [6.07, 6.45) is 0. The number of nitrogens with two attached hydrogens (primary N) is 1. The van der Waals surface area contributed by atoms with Gasteiger partial charge in [-0.3, -0.25) is 9.59 Å². The molecule has 0 radical (unpaired) electrons. The molecule has 6 heteroatoms. The summed E-state index contributed by atoms with van der Waals surface area (Å²) in [6, 6.07) is 7.63. The number of hydrogen-bond acceptors (Lipinski definition) is 4. The molecule has 0 aliphatic carbocycles. The van der Waals surface area contributed by atoms with Crippen molar-refractivity contribution in [3.05, 3.63) is 29.1 Å². The third-order valence-corrected chi connectivity index (χ3v) is 4.28. The number of nitrogens with one attached hydrogen (secondary N) is 1. The molecule has 2 rings (SSSR count). The Labute approximate surface area is 121 Å². The van der Waals surface area contributed by atoms with Gasteiger partial charge in [-0.1, -0.05) is 18.2 Å². The zero-order chi connectivity index (χ0) is 14.7. The SMILES string of the molecule is CCN(CC(=O)NC)C(=O)c1sc2ccccc2c1N. The van der Waals surface area contributed by atoms with Crippen molar-refractivity contribution < 1.29 is 9.59 Å². The maximum Gasteiger partial charge on any atom is 0.266 e. The third-order valence-electron chi connectivity index (χ3n) is 3.11. The average molecular weight is 291 g/mol. The van der Waals surface area contributed by atoms with Gasteiger partial charge in [0.25, 0.3) is 5.91 Å². The number of hydrogen-bond donors (Lipinski definition) is 2. The Hall–Kier alpha value is -2.08. The molecule has 106 valence electrons. The molecular formula is C14H17N3O2S. The minimum Gasteiger partial charge on any atom is -0.397 e. The van der Waals surface area contributed by atoms with E-state index in [1.165, 1.54) is 16.2 Å². The highest BCUT2D eigenvalue weighted by atomic mass is 32.1. The lowest BCUT2D eigenvalue weighted by atomic mass is 10.2. The first-order valence-electron chi connectivity index (χ1n) is 6.35. The topological polar surface area (TPSA) is 75.4 Å². The minimum atomic E-state index is -0.199. The van der Waals surface area contributed by atoms with E-state index in [1.54, 1.807) is 7.05 Å². The van der Waals surface area contributed by atoms with E-state index in [4.69, 9.17) is 5.73 Å². The van der Waals surface area contributed by atoms with Crippen LogP contribution in [-0.2, 0) is 4.79 Å². The van der Waals surface area contributed by atoms with Gasteiger partial charge in [-0.2, -0.15) is 0 Å². The van der Waals surface area contributed by atoms with Crippen LogP contribution in [0.2, 0.25) is 0 Å². The normalized spacial score (nSPS) is 10.5. The van der Waals surface area contributed by atoms with Crippen LogP contribution in [0.1, 0.15) is 16.6 Å². The predicted molar refractivity (Wildman–Crippen MR) is 81.9 cm³/mol. The maximum absolute atomic E-state index is 12.5. The lowest BCUT2D eigenvalue weighted by molar-refractivity contribution is -0.121. The molecule has 0 saturated heterocycles. The van der Waals surface area contributed by atoms with E-state index in [1.807, 2.05) is 31.2 Å². The number of benzene rings is 1. The Bertz CT molecular complexity index is 651. The van der Waals surface area contributed by atoms with Gasteiger partial charge in [0.15, 0.2) is 0 Å². The van der Waals surface area contributed by atoms with Gasteiger partial charge in [0, 0.05) is 23.7 Å². The summed E-state index contributed by atoms with van der Waals surface area (Å²) in [5, 5.41) is 3.40.